The highest BCUT2D eigenvalue weighted by atomic mass is 16.5. The predicted octanol–water partition coefficient (Wildman–Crippen LogP) is 2.21. The number of aromatic nitrogens is 2. The molecule has 0 bridgehead atoms. The van der Waals surface area contributed by atoms with Gasteiger partial charge < -0.3 is 9.64 Å². The van der Waals surface area contributed by atoms with Crippen molar-refractivity contribution in [2.24, 2.45) is 0 Å². The van der Waals surface area contributed by atoms with Crippen molar-refractivity contribution in [3.05, 3.63) is 47.8 Å². The number of hydrogen-bond donors (Lipinski definition) is 0. The highest BCUT2D eigenvalue weighted by molar-refractivity contribution is 6.06. The van der Waals surface area contributed by atoms with E-state index in [9.17, 15) is 4.79 Å². The number of anilines is 1. The maximum atomic E-state index is 12.6. The molecule has 1 aromatic carbocycles. The van der Waals surface area contributed by atoms with Crippen LogP contribution in [-0.4, -0.2) is 28.8 Å². The van der Waals surface area contributed by atoms with E-state index in [1.54, 1.807) is 11.0 Å². The van der Waals surface area contributed by atoms with Crippen LogP contribution in [-0.2, 0) is 0 Å². The third-order valence-corrected chi connectivity index (χ3v) is 3.25. The molecule has 2 heterocycles. The molecule has 0 fully saturated rings. The lowest BCUT2D eigenvalue weighted by Gasteiger charge is -2.33. The highest BCUT2D eigenvalue weighted by Gasteiger charge is 2.28. The third-order valence-electron chi connectivity index (χ3n) is 3.25. The van der Waals surface area contributed by atoms with E-state index >= 15 is 0 Å². The lowest BCUT2D eigenvalue weighted by Crippen LogP contribution is -2.42. The van der Waals surface area contributed by atoms with Crippen molar-refractivity contribution in [1.82, 2.24) is 10.2 Å². The van der Waals surface area contributed by atoms with Crippen molar-refractivity contribution >= 4 is 11.6 Å². The largest absolute Gasteiger partial charge is 0.487 e. The molecule has 0 radical (unpaired) electrons. The van der Waals surface area contributed by atoms with Crippen LogP contribution < -0.4 is 9.64 Å². The number of fused-ring (bicyclic) bond motifs is 1. The number of amides is 1. The van der Waals surface area contributed by atoms with Crippen LogP contribution in [0.1, 0.15) is 22.8 Å². The SMILES string of the molecule is Cc1ccc2c(c1)OC(C)CN2C(=O)c1ccnnc1. The van der Waals surface area contributed by atoms with E-state index in [2.05, 4.69) is 10.2 Å². The number of ether oxygens (including phenoxy) is 1. The van der Waals surface area contributed by atoms with Gasteiger partial charge in [0.15, 0.2) is 0 Å². The van der Waals surface area contributed by atoms with Crippen LogP contribution in [0, 0.1) is 6.92 Å². The first-order valence-corrected chi connectivity index (χ1v) is 6.51. The molecule has 1 aliphatic rings. The minimum Gasteiger partial charge on any atom is -0.487 e. The summed E-state index contributed by atoms with van der Waals surface area (Å²) in [5, 5.41) is 7.46. The number of benzene rings is 1. The molecule has 1 atom stereocenters. The zero-order chi connectivity index (χ0) is 14.1. The Morgan fingerprint density at radius 3 is 2.95 bits per heavy atom. The summed E-state index contributed by atoms with van der Waals surface area (Å²) in [5.74, 6) is 0.666. The zero-order valence-electron chi connectivity index (χ0n) is 11.4. The molecule has 3 rings (SSSR count). The molecule has 20 heavy (non-hydrogen) atoms. The molecular weight excluding hydrogens is 254 g/mol. The third kappa shape index (κ3) is 2.22. The normalized spacial score (nSPS) is 17.3. The van der Waals surface area contributed by atoms with Gasteiger partial charge in [0.25, 0.3) is 5.91 Å². The number of nitrogens with zero attached hydrogens (tertiary/aromatic N) is 3. The van der Waals surface area contributed by atoms with Gasteiger partial charge in [-0.3, -0.25) is 4.79 Å². The molecule has 0 saturated heterocycles. The predicted molar refractivity (Wildman–Crippen MR) is 75.0 cm³/mol. The van der Waals surface area contributed by atoms with Crippen LogP contribution in [0.3, 0.4) is 0 Å². The van der Waals surface area contributed by atoms with Gasteiger partial charge in [0.05, 0.1) is 30.2 Å². The van der Waals surface area contributed by atoms with E-state index in [4.69, 9.17) is 4.74 Å². The Morgan fingerprint density at radius 2 is 2.20 bits per heavy atom. The number of hydrogen-bond acceptors (Lipinski definition) is 4. The van der Waals surface area contributed by atoms with E-state index in [0.29, 0.717) is 12.1 Å². The highest BCUT2D eigenvalue weighted by Crippen LogP contribution is 2.34. The molecule has 5 heteroatoms. The minimum absolute atomic E-state index is 0.0388. The van der Waals surface area contributed by atoms with Crippen molar-refractivity contribution < 1.29 is 9.53 Å². The molecule has 5 nitrogen and oxygen atoms in total. The molecule has 0 aliphatic carbocycles. The Hall–Kier alpha value is -2.43. The fourth-order valence-corrected chi connectivity index (χ4v) is 2.31. The fraction of sp³-hybridized carbons (Fsp3) is 0.267. The second-order valence-corrected chi connectivity index (χ2v) is 4.95. The van der Waals surface area contributed by atoms with Crippen LogP contribution >= 0.6 is 0 Å². The lowest BCUT2D eigenvalue weighted by molar-refractivity contribution is 0.0960. The first-order valence-electron chi connectivity index (χ1n) is 6.51. The number of rotatable bonds is 1. The maximum absolute atomic E-state index is 12.6. The monoisotopic (exact) mass is 269 g/mol. The summed E-state index contributed by atoms with van der Waals surface area (Å²) < 4.78 is 5.81. The van der Waals surface area contributed by atoms with Crippen LogP contribution in [0.2, 0.25) is 0 Å². The first kappa shape index (κ1) is 12.6. The number of carbonyl (C=O) groups excluding carboxylic acids is 1. The van der Waals surface area contributed by atoms with Crippen LogP contribution in [0.5, 0.6) is 5.75 Å². The summed E-state index contributed by atoms with van der Waals surface area (Å²) in [6.07, 6.45) is 2.96. The minimum atomic E-state index is -0.0832. The standard InChI is InChI=1S/C15H15N3O2/c1-10-3-4-13-14(7-10)20-11(2)9-18(13)15(19)12-5-6-16-17-8-12/h3-8,11H,9H2,1-2H3. The van der Waals surface area contributed by atoms with Gasteiger partial charge >= 0.3 is 0 Å². The summed E-state index contributed by atoms with van der Waals surface area (Å²) >= 11 is 0. The lowest BCUT2D eigenvalue weighted by atomic mass is 10.1. The molecule has 0 spiro atoms. The quantitative estimate of drug-likeness (QED) is 0.796. The Balaban J connectivity index is 2.01. The van der Waals surface area contributed by atoms with E-state index in [1.807, 2.05) is 32.0 Å². The van der Waals surface area contributed by atoms with Crippen molar-refractivity contribution in [3.8, 4) is 5.75 Å². The fourth-order valence-electron chi connectivity index (χ4n) is 2.31. The average molecular weight is 269 g/mol. The summed E-state index contributed by atoms with van der Waals surface area (Å²) in [4.78, 5) is 14.3. The van der Waals surface area contributed by atoms with Gasteiger partial charge in [0.1, 0.15) is 11.9 Å². The Kier molecular flexibility index (Phi) is 3.10. The maximum Gasteiger partial charge on any atom is 0.260 e. The van der Waals surface area contributed by atoms with E-state index < -0.39 is 0 Å². The zero-order valence-corrected chi connectivity index (χ0v) is 11.4. The van der Waals surface area contributed by atoms with Gasteiger partial charge in [0.2, 0.25) is 0 Å². The molecule has 1 amide bonds. The molecule has 102 valence electrons. The summed E-state index contributed by atoms with van der Waals surface area (Å²) in [7, 11) is 0. The Morgan fingerprint density at radius 1 is 1.35 bits per heavy atom. The van der Waals surface area contributed by atoms with Gasteiger partial charge in [-0.25, -0.2) is 0 Å². The van der Waals surface area contributed by atoms with Crippen molar-refractivity contribution in [1.29, 1.82) is 0 Å². The van der Waals surface area contributed by atoms with E-state index in [1.165, 1.54) is 12.4 Å². The molecule has 0 saturated carbocycles. The summed E-state index contributed by atoms with van der Waals surface area (Å²) in [6, 6.07) is 7.52. The molecule has 1 aromatic heterocycles. The van der Waals surface area contributed by atoms with Gasteiger partial charge in [-0.15, -0.1) is 0 Å². The first-order chi connectivity index (χ1) is 9.65. The molecule has 2 aromatic rings. The average Bonchev–Trinajstić information content (AvgIpc) is 2.46. The van der Waals surface area contributed by atoms with E-state index in [-0.39, 0.29) is 12.0 Å². The second kappa shape index (κ2) is 4.92. The second-order valence-electron chi connectivity index (χ2n) is 4.95. The molecular formula is C15H15N3O2. The summed E-state index contributed by atoms with van der Waals surface area (Å²) in [5.41, 5.74) is 2.44. The van der Waals surface area contributed by atoms with Crippen LogP contribution in [0.15, 0.2) is 36.7 Å². The van der Waals surface area contributed by atoms with E-state index in [0.717, 1.165) is 17.0 Å². The van der Waals surface area contributed by atoms with Crippen molar-refractivity contribution in [2.75, 3.05) is 11.4 Å². The van der Waals surface area contributed by atoms with Gasteiger partial charge in [-0.05, 0) is 37.6 Å². The van der Waals surface area contributed by atoms with Gasteiger partial charge in [-0.1, -0.05) is 6.07 Å². The van der Waals surface area contributed by atoms with Crippen LogP contribution in [0.4, 0.5) is 5.69 Å². The Bertz CT molecular complexity index is 643. The smallest absolute Gasteiger partial charge is 0.260 e. The molecule has 0 N–H and O–H groups in total. The molecule has 1 aliphatic heterocycles. The van der Waals surface area contributed by atoms with Crippen molar-refractivity contribution in [3.63, 3.8) is 0 Å². The van der Waals surface area contributed by atoms with Crippen LogP contribution in [0.25, 0.3) is 0 Å². The molecule has 1 unspecified atom stereocenters. The summed E-state index contributed by atoms with van der Waals surface area (Å²) in [6.45, 7) is 4.48. The Labute approximate surface area is 117 Å². The number of carbonyl (C=O) groups is 1. The topological polar surface area (TPSA) is 55.3 Å². The number of aryl methyl sites for hydroxylation is 1. The van der Waals surface area contributed by atoms with Crippen molar-refractivity contribution in [2.45, 2.75) is 20.0 Å². The van der Waals surface area contributed by atoms with Gasteiger partial charge in [0, 0.05) is 0 Å². The van der Waals surface area contributed by atoms with Gasteiger partial charge in [-0.2, -0.15) is 10.2 Å².